The van der Waals surface area contributed by atoms with E-state index in [0.29, 0.717) is 12.2 Å². The van der Waals surface area contributed by atoms with Crippen molar-refractivity contribution in [3.8, 4) is 0 Å². The molecule has 0 radical (unpaired) electrons. The van der Waals surface area contributed by atoms with E-state index in [-0.39, 0.29) is 11.9 Å². The molecule has 0 aliphatic heterocycles. The smallest absolute Gasteiger partial charge is 0.333 e. The predicted octanol–water partition coefficient (Wildman–Crippen LogP) is 4.33. The summed E-state index contributed by atoms with van der Waals surface area (Å²) >= 11 is 0. The minimum atomic E-state index is -0.324. The van der Waals surface area contributed by atoms with Crippen LogP contribution in [0.3, 0.4) is 0 Å². The molecule has 0 aliphatic rings. The van der Waals surface area contributed by atoms with Crippen LogP contribution < -0.4 is 0 Å². The van der Waals surface area contributed by atoms with Crippen LogP contribution in [0.1, 0.15) is 30.4 Å². The maximum Gasteiger partial charge on any atom is 0.333 e. The Morgan fingerprint density at radius 3 is 1.90 bits per heavy atom. The number of rotatable bonds is 6. The highest BCUT2D eigenvalue weighted by Gasteiger charge is 2.14. The molecule has 0 bridgehead atoms. The highest BCUT2D eigenvalue weighted by molar-refractivity contribution is 5.86. The van der Waals surface area contributed by atoms with Crippen molar-refractivity contribution in [1.29, 1.82) is 0 Å². The molecule has 0 aromatic heterocycles. The number of hydrogen-bond donors (Lipinski definition) is 0. The second-order valence-corrected chi connectivity index (χ2v) is 5.08. The van der Waals surface area contributed by atoms with Crippen molar-refractivity contribution in [2.24, 2.45) is 0 Å². The van der Waals surface area contributed by atoms with Gasteiger partial charge in [0.1, 0.15) is 0 Å². The van der Waals surface area contributed by atoms with Crippen molar-refractivity contribution in [1.82, 2.24) is 0 Å². The lowest BCUT2D eigenvalue weighted by molar-refractivity contribution is -0.139. The first-order valence-electron chi connectivity index (χ1n) is 7.11. The third-order valence-corrected chi connectivity index (χ3v) is 3.39. The Labute approximate surface area is 126 Å². The molecular formula is C19H20O2. The van der Waals surface area contributed by atoms with Crippen LogP contribution in [-0.4, -0.2) is 12.6 Å². The fraction of sp³-hybridized carbons (Fsp3) is 0.211. The summed E-state index contributed by atoms with van der Waals surface area (Å²) in [5, 5.41) is 0. The summed E-state index contributed by atoms with van der Waals surface area (Å²) in [6.07, 6.45) is 0.757. The summed E-state index contributed by atoms with van der Waals surface area (Å²) in [6.45, 7) is 5.64. The quantitative estimate of drug-likeness (QED) is 0.581. The van der Waals surface area contributed by atoms with E-state index in [1.54, 1.807) is 6.92 Å². The number of benzene rings is 2. The molecule has 2 heteroatoms. The molecule has 0 saturated heterocycles. The number of carbonyl (C=O) groups excluding carboxylic acids is 1. The number of carbonyl (C=O) groups is 1. The van der Waals surface area contributed by atoms with Crippen LogP contribution in [0.25, 0.3) is 0 Å². The van der Waals surface area contributed by atoms with Gasteiger partial charge in [0.15, 0.2) is 0 Å². The average molecular weight is 280 g/mol. The van der Waals surface area contributed by atoms with Crippen molar-refractivity contribution in [2.45, 2.75) is 19.3 Å². The third kappa shape index (κ3) is 4.32. The van der Waals surface area contributed by atoms with Crippen molar-refractivity contribution in [3.05, 3.63) is 83.9 Å². The minimum absolute atomic E-state index is 0.227. The van der Waals surface area contributed by atoms with Crippen LogP contribution in [0.5, 0.6) is 0 Å². The summed E-state index contributed by atoms with van der Waals surface area (Å²) in [6, 6.07) is 20.6. The van der Waals surface area contributed by atoms with Gasteiger partial charge in [-0.05, 0) is 24.5 Å². The van der Waals surface area contributed by atoms with E-state index in [0.717, 1.165) is 6.42 Å². The van der Waals surface area contributed by atoms with E-state index in [1.807, 2.05) is 36.4 Å². The summed E-state index contributed by atoms with van der Waals surface area (Å²) in [4.78, 5) is 11.5. The van der Waals surface area contributed by atoms with Crippen LogP contribution in [0.2, 0.25) is 0 Å². The fourth-order valence-corrected chi connectivity index (χ4v) is 2.29. The topological polar surface area (TPSA) is 26.3 Å². The van der Waals surface area contributed by atoms with E-state index in [1.165, 1.54) is 11.1 Å². The Balaban J connectivity index is 2.10. The van der Waals surface area contributed by atoms with Gasteiger partial charge >= 0.3 is 5.97 Å². The summed E-state index contributed by atoms with van der Waals surface area (Å²) in [5.41, 5.74) is 2.90. The Bertz CT molecular complexity index is 548. The molecule has 0 unspecified atom stereocenters. The van der Waals surface area contributed by atoms with E-state index < -0.39 is 0 Å². The molecule has 0 saturated carbocycles. The molecule has 2 aromatic rings. The Kier molecular flexibility index (Phi) is 5.33. The molecule has 2 rings (SSSR count). The van der Waals surface area contributed by atoms with Crippen molar-refractivity contribution in [2.75, 3.05) is 6.61 Å². The molecular weight excluding hydrogens is 260 g/mol. The number of hydrogen-bond acceptors (Lipinski definition) is 2. The second kappa shape index (κ2) is 7.44. The molecule has 0 N–H and O–H groups in total. The molecule has 0 amide bonds. The lowest BCUT2D eigenvalue weighted by Gasteiger charge is -2.18. The second-order valence-electron chi connectivity index (χ2n) is 5.08. The standard InChI is InChI=1S/C19H20O2/c1-15(2)19(20)21-14-13-18(16-9-5-3-6-10-16)17-11-7-4-8-12-17/h3-12,18H,1,13-14H2,2H3. The molecule has 0 heterocycles. The SMILES string of the molecule is C=C(C)C(=O)OCCC(c1ccccc1)c1ccccc1. The molecule has 2 aromatic carbocycles. The lowest BCUT2D eigenvalue weighted by atomic mass is 9.89. The molecule has 0 fully saturated rings. The van der Waals surface area contributed by atoms with Crippen LogP contribution in [0.4, 0.5) is 0 Å². The normalized spacial score (nSPS) is 10.4. The van der Waals surface area contributed by atoms with Gasteiger partial charge in [-0.3, -0.25) is 0 Å². The Morgan fingerprint density at radius 1 is 1.00 bits per heavy atom. The largest absolute Gasteiger partial charge is 0.462 e. The zero-order chi connectivity index (χ0) is 15.1. The van der Waals surface area contributed by atoms with Crippen LogP contribution in [0.15, 0.2) is 72.8 Å². The highest BCUT2D eigenvalue weighted by Crippen LogP contribution is 2.27. The maximum absolute atomic E-state index is 11.5. The van der Waals surface area contributed by atoms with Gasteiger partial charge in [0.05, 0.1) is 6.61 Å². The average Bonchev–Trinajstić information content (AvgIpc) is 2.53. The number of ether oxygens (including phenoxy) is 1. The monoisotopic (exact) mass is 280 g/mol. The summed E-state index contributed by atoms with van der Waals surface area (Å²) in [5.74, 6) is -0.0970. The fourth-order valence-electron chi connectivity index (χ4n) is 2.29. The maximum atomic E-state index is 11.5. The van der Waals surface area contributed by atoms with Gasteiger partial charge in [0, 0.05) is 11.5 Å². The Morgan fingerprint density at radius 2 is 1.48 bits per heavy atom. The van der Waals surface area contributed by atoms with Crippen LogP contribution >= 0.6 is 0 Å². The van der Waals surface area contributed by atoms with Crippen molar-refractivity contribution >= 4 is 5.97 Å². The zero-order valence-electron chi connectivity index (χ0n) is 12.3. The van der Waals surface area contributed by atoms with E-state index in [9.17, 15) is 4.79 Å². The molecule has 0 spiro atoms. The summed E-state index contributed by atoms with van der Waals surface area (Å²) in [7, 11) is 0. The van der Waals surface area contributed by atoms with Gasteiger partial charge in [0.25, 0.3) is 0 Å². The number of esters is 1. The molecule has 0 aliphatic carbocycles. The molecule has 0 atom stereocenters. The third-order valence-electron chi connectivity index (χ3n) is 3.39. The highest BCUT2D eigenvalue weighted by atomic mass is 16.5. The van der Waals surface area contributed by atoms with E-state index in [2.05, 4.69) is 30.8 Å². The van der Waals surface area contributed by atoms with Gasteiger partial charge < -0.3 is 4.74 Å². The molecule has 21 heavy (non-hydrogen) atoms. The zero-order valence-corrected chi connectivity index (χ0v) is 12.3. The van der Waals surface area contributed by atoms with Gasteiger partial charge in [-0.2, -0.15) is 0 Å². The first-order valence-corrected chi connectivity index (χ1v) is 7.11. The molecule has 2 nitrogen and oxygen atoms in total. The predicted molar refractivity (Wildman–Crippen MR) is 85.1 cm³/mol. The van der Waals surface area contributed by atoms with Gasteiger partial charge in [0.2, 0.25) is 0 Å². The van der Waals surface area contributed by atoms with Gasteiger partial charge in [-0.1, -0.05) is 67.2 Å². The lowest BCUT2D eigenvalue weighted by Crippen LogP contribution is -2.10. The first-order chi connectivity index (χ1) is 10.2. The molecule has 108 valence electrons. The van der Waals surface area contributed by atoms with E-state index >= 15 is 0 Å². The first kappa shape index (κ1) is 15.0. The van der Waals surface area contributed by atoms with Crippen molar-refractivity contribution < 1.29 is 9.53 Å². The van der Waals surface area contributed by atoms with Crippen LogP contribution in [0, 0.1) is 0 Å². The van der Waals surface area contributed by atoms with E-state index in [4.69, 9.17) is 4.74 Å². The van der Waals surface area contributed by atoms with Gasteiger partial charge in [-0.15, -0.1) is 0 Å². The van der Waals surface area contributed by atoms with Crippen LogP contribution in [-0.2, 0) is 9.53 Å². The summed E-state index contributed by atoms with van der Waals surface area (Å²) < 4.78 is 5.24. The Hall–Kier alpha value is -2.35. The van der Waals surface area contributed by atoms with Crippen molar-refractivity contribution in [3.63, 3.8) is 0 Å². The van der Waals surface area contributed by atoms with Gasteiger partial charge in [-0.25, -0.2) is 4.79 Å². The minimum Gasteiger partial charge on any atom is -0.462 e.